The fourth-order valence-corrected chi connectivity index (χ4v) is 4.80. The van der Waals surface area contributed by atoms with E-state index in [9.17, 15) is 4.79 Å². The summed E-state index contributed by atoms with van der Waals surface area (Å²) in [6, 6.07) is 7.29. The van der Waals surface area contributed by atoms with Crippen molar-refractivity contribution in [2.75, 3.05) is 5.32 Å². The molecule has 0 radical (unpaired) electrons. The average Bonchev–Trinajstić information content (AvgIpc) is 2.77. The quantitative estimate of drug-likeness (QED) is 0.764. The molecule has 0 saturated carbocycles. The van der Waals surface area contributed by atoms with Gasteiger partial charge < -0.3 is 5.32 Å². The van der Waals surface area contributed by atoms with E-state index in [1.165, 1.54) is 16.9 Å². The molecule has 2 aromatic rings. The highest BCUT2D eigenvalue weighted by atomic mass is 79.9. The Morgan fingerprint density at radius 1 is 1.25 bits per heavy atom. The second-order valence-electron chi connectivity index (χ2n) is 4.79. The van der Waals surface area contributed by atoms with Crippen molar-refractivity contribution in [3.63, 3.8) is 0 Å². The molecular weight excluding hydrogens is 358 g/mol. The van der Waals surface area contributed by atoms with Gasteiger partial charge in [0, 0.05) is 4.88 Å². The van der Waals surface area contributed by atoms with Crippen LogP contribution in [-0.2, 0) is 12.8 Å². The molecule has 5 heteroatoms. The number of para-hydroxylation sites is 1. The van der Waals surface area contributed by atoms with E-state index in [-0.39, 0.29) is 5.91 Å². The summed E-state index contributed by atoms with van der Waals surface area (Å²) in [4.78, 5) is 13.9. The minimum Gasteiger partial charge on any atom is -0.321 e. The van der Waals surface area contributed by atoms with E-state index in [1.807, 2.05) is 18.2 Å². The number of halogens is 2. The van der Waals surface area contributed by atoms with E-state index in [2.05, 4.69) is 21.2 Å². The van der Waals surface area contributed by atoms with Gasteiger partial charge in [-0.15, -0.1) is 11.3 Å². The second kappa shape index (κ2) is 5.88. The molecule has 0 unspecified atom stereocenters. The highest BCUT2D eigenvalue weighted by Crippen LogP contribution is 2.38. The van der Waals surface area contributed by atoms with E-state index in [0.29, 0.717) is 10.7 Å². The molecule has 1 aliphatic rings. The maximum absolute atomic E-state index is 12.5. The lowest BCUT2D eigenvalue weighted by Gasteiger charge is -2.13. The van der Waals surface area contributed by atoms with Gasteiger partial charge in [0.15, 0.2) is 0 Å². The van der Waals surface area contributed by atoms with Gasteiger partial charge in [-0.05, 0) is 59.3 Å². The van der Waals surface area contributed by atoms with Gasteiger partial charge in [-0.2, -0.15) is 0 Å². The standard InChI is InChI=1S/C15H13BrClNOS/c16-14-13(9-5-1-4-8-12(9)20-14)15(19)18-11-7-3-2-6-10(11)17/h2-3,6-7H,1,4-5,8H2,(H,18,19). The number of hydrogen-bond donors (Lipinski definition) is 1. The molecule has 1 heterocycles. The van der Waals surface area contributed by atoms with Crippen LogP contribution in [-0.4, -0.2) is 5.91 Å². The van der Waals surface area contributed by atoms with Crippen LogP contribution < -0.4 is 5.32 Å². The maximum Gasteiger partial charge on any atom is 0.258 e. The Bertz CT molecular complexity index is 668. The Balaban J connectivity index is 1.92. The monoisotopic (exact) mass is 369 g/mol. The summed E-state index contributed by atoms with van der Waals surface area (Å²) in [5.41, 5.74) is 2.64. The van der Waals surface area contributed by atoms with E-state index < -0.39 is 0 Å². The molecule has 3 rings (SSSR count). The van der Waals surface area contributed by atoms with Crippen molar-refractivity contribution in [1.29, 1.82) is 0 Å². The number of benzene rings is 1. The van der Waals surface area contributed by atoms with Crippen molar-refractivity contribution in [2.45, 2.75) is 25.7 Å². The van der Waals surface area contributed by atoms with Gasteiger partial charge in [-0.25, -0.2) is 0 Å². The van der Waals surface area contributed by atoms with E-state index in [4.69, 9.17) is 11.6 Å². The van der Waals surface area contributed by atoms with Crippen LogP contribution in [0.5, 0.6) is 0 Å². The number of amides is 1. The van der Waals surface area contributed by atoms with E-state index >= 15 is 0 Å². The predicted molar refractivity (Wildman–Crippen MR) is 88.1 cm³/mol. The Kier molecular flexibility index (Phi) is 4.15. The highest BCUT2D eigenvalue weighted by Gasteiger charge is 2.24. The summed E-state index contributed by atoms with van der Waals surface area (Å²) in [6.45, 7) is 0. The van der Waals surface area contributed by atoms with Gasteiger partial charge in [0.05, 0.1) is 20.1 Å². The molecule has 0 fully saturated rings. The zero-order valence-corrected chi connectivity index (χ0v) is 13.9. The Hall–Kier alpha value is -0.840. The summed E-state index contributed by atoms with van der Waals surface area (Å²) in [7, 11) is 0. The van der Waals surface area contributed by atoms with Crippen molar-refractivity contribution in [1.82, 2.24) is 0 Å². The lowest BCUT2D eigenvalue weighted by molar-refractivity contribution is 0.102. The van der Waals surface area contributed by atoms with Crippen LogP contribution in [0.4, 0.5) is 5.69 Å². The lowest BCUT2D eigenvalue weighted by atomic mass is 9.95. The zero-order valence-electron chi connectivity index (χ0n) is 10.7. The minimum absolute atomic E-state index is 0.0793. The van der Waals surface area contributed by atoms with Gasteiger partial charge in [-0.1, -0.05) is 23.7 Å². The summed E-state index contributed by atoms with van der Waals surface area (Å²) in [6.07, 6.45) is 4.44. The van der Waals surface area contributed by atoms with Gasteiger partial charge in [0.2, 0.25) is 0 Å². The second-order valence-corrected chi connectivity index (χ2v) is 7.62. The van der Waals surface area contributed by atoms with Gasteiger partial charge in [0.25, 0.3) is 5.91 Å². The third-order valence-corrected chi connectivity index (χ3v) is 5.77. The van der Waals surface area contributed by atoms with Crippen LogP contribution >= 0.6 is 38.9 Å². The number of nitrogens with one attached hydrogen (secondary N) is 1. The Morgan fingerprint density at radius 3 is 2.80 bits per heavy atom. The van der Waals surface area contributed by atoms with Gasteiger partial charge >= 0.3 is 0 Å². The van der Waals surface area contributed by atoms with Crippen molar-refractivity contribution in [3.8, 4) is 0 Å². The first-order chi connectivity index (χ1) is 9.66. The smallest absolute Gasteiger partial charge is 0.258 e. The molecule has 1 amide bonds. The molecule has 0 spiro atoms. The number of fused-ring (bicyclic) bond motifs is 1. The molecule has 0 bridgehead atoms. The summed E-state index contributed by atoms with van der Waals surface area (Å²) < 4.78 is 0.925. The summed E-state index contributed by atoms with van der Waals surface area (Å²) >= 11 is 11.3. The van der Waals surface area contributed by atoms with E-state index in [1.54, 1.807) is 17.4 Å². The molecule has 2 nitrogen and oxygen atoms in total. The largest absolute Gasteiger partial charge is 0.321 e. The topological polar surface area (TPSA) is 29.1 Å². The van der Waals surface area contributed by atoms with Crippen molar-refractivity contribution in [2.24, 2.45) is 0 Å². The third-order valence-electron chi connectivity index (χ3n) is 3.48. The zero-order chi connectivity index (χ0) is 14.1. The van der Waals surface area contributed by atoms with Crippen LogP contribution in [0.25, 0.3) is 0 Å². The minimum atomic E-state index is -0.0793. The van der Waals surface area contributed by atoms with Gasteiger partial charge in [-0.3, -0.25) is 4.79 Å². The fraction of sp³-hybridized carbons (Fsp3) is 0.267. The SMILES string of the molecule is O=C(Nc1ccccc1Cl)c1c(Br)sc2c1CCCC2. The number of carbonyl (C=O) groups excluding carboxylic acids is 1. The Morgan fingerprint density at radius 2 is 2.00 bits per heavy atom. The first-order valence-corrected chi connectivity index (χ1v) is 8.51. The molecular formula is C15H13BrClNOS. The van der Waals surface area contributed by atoms with Crippen LogP contribution in [0.2, 0.25) is 5.02 Å². The third kappa shape index (κ3) is 2.65. The molecule has 0 atom stereocenters. The van der Waals surface area contributed by atoms with Crippen LogP contribution in [0, 0.1) is 0 Å². The molecule has 1 N–H and O–H groups in total. The van der Waals surface area contributed by atoms with Crippen molar-refractivity contribution < 1.29 is 4.79 Å². The number of carbonyl (C=O) groups is 1. The molecule has 1 aromatic carbocycles. The number of rotatable bonds is 2. The molecule has 0 saturated heterocycles. The lowest BCUT2D eigenvalue weighted by Crippen LogP contribution is -2.15. The fourth-order valence-electron chi connectivity index (χ4n) is 2.51. The van der Waals surface area contributed by atoms with Gasteiger partial charge in [0.1, 0.15) is 0 Å². The molecule has 1 aliphatic carbocycles. The molecule has 0 aliphatic heterocycles. The normalized spacial score (nSPS) is 13.9. The predicted octanol–water partition coefficient (Wildman–Crippen LogP) is 5.30. The van der Waals surface area contributed by atoms with Crippen LogP contribution in [0.1, 0.15) is 33.6 Å². The number of aryl methyl sites for hydroxylation is 1. The average molecular weight is 371 g/mol. The molecule has 1 aromatic heterocycles. The maximum atomic E-state index is 12.5. The Labute approximate surface area is 135 Å². The van der Waals surface area contributed by atoms with Crippen LogP contribution in [0.3, 0.4) is 0 Å². The number of thiophene rings is 1. The summed E-state index contributed by atoms with van der Waals surface area (Å²) in [5, 5.41) is 3.47. The first kappa shape index (κ1) is 14.1. The molecule has 104 valence electrons. The number of hydrogen-bond acceptors (Lipinski definition) is 2. The highest BCUT2D eigenvalue weighted by molar-refractivity contribution is 9.11. The van der Waals surface area contributed by atoms with Crippen molar-refractivity contribution >= 4 is 50.5 Å². The van der Waals surface area contributed by atoms with Crippen molar-refractivity contribution in [3.05, 3.63) is 49.1 Å². The van der Waals surface area contributed by atoms with E-state index in [0.717, 1.165) is 28.6 Å². The number of anilines is 1. The first-order valence-electron chi connectivity index (χ1n) is 6.52. The summed E-state index contributed by atoms with van der Waals surface area (Å²) in [5.74, 6) is -0.0793. The van der Waals surface area contributed by atoms with Crippen LogP contribution in [0.15, 0.2) is 28.1 Å². The molecule has 20 heavy (non-hydrogen) atoms.